The molecule has 5 nitrogen and oxygen atoms in total. The molecular formula is C20H19FN2O3S2. The van der Waals surface area contributed by atoms with Crippen LogP contribution in [-0.4, -0.2) is 25.6 Å². The first-order chi connectivity index (χ1) is 13.1. The monoisotopic (exact) mass is 418 g/mol. The molecule has 1 amide bonds. The number of benzene rings is 2. The fourth-order valence-corrected chi connectivity index (χ4v) is 4.00. The molecule has 8 heteroatoms. The zero-order valence-electron chi connectivity index (χ0n) is 15.6. The van der Waals surface area contributed by atoms with Crippen molar-refractivity contribution in [3.63, 3.8) is 0 Å². The molecule has 0 aliphatic carbocycles. The van der Waals surface area contributed by atoms with Gasteiger partial charge < -0.3 is 5.32 Å². The summed E-state index contributed by atoms with van der Waals surface area (Å²) in [7, 11) is -3.54. The second kappa shape index (κ2) is 7.81. The van der Waals surface area contributed by atoms with Crippen molar-refractivity contribution in [2.24, 2.45) is 0 Å². The Hall–Kier alpha value is -2.58. The molecule has 0 atom stereocenters. The third kappa shape index (κ3) is 4.45. The lowest BCUT2D eigenvalue weighted by molar-refractivity contribution is 0.102. The van der Waals surface area contributed by atoms with Gasteiger partial charge in [-0.15, -0.1) is 11.3 Å². The molecule has 3 aromatic rings. The van der Waals surface area contributed by atoms with Gasteiger partial charge in [-0.25, -0.2) is 17.8 Å². The number of amides is 1. The minimum atomic E-state index is -3.54. The number of carbonyl (C=O) groups excluding carboxylic acids is 1. The highest BCUT2D eigenvalue weighted by Crippen LogP contribution is 2.27. The smallest absolute Gasteiger partial charge is 0.258 e. The van der Waals surface area contributed by atoms with Crippen LogP contribution in [0.5, 0.6) is 0 Å². The Balaban J connectivity index is 1.76. The number of aromatic nitrogens is 1. The molecule has 0 aliphatic rings. The minimum absolute atomic E-state index is 0.171. The predicted molar refractivity (Wildman–Crippen MR) is 109 cm³/mol. The summed E-state index contributed by atoms with van der Waals surface area (Å²) in [5, 5.41) is 5.66. The SMILES string of the molecule is CC(C)c1nc(-c2ccc(NC(=O)c3ccc(S(C)(=O)=O)cc3F)cc2)cs1. The van der Waals surface area contributed by atoms with Gasteiger partial charge in [-0.05, 0) is 30.3 Å². The first kappa shape index (κ1) is 20.2. The minimum Gasteiger partial charge on any atom is -0.322 e. The molecule has 0 unspecified atom stereocenters. The summed E-state index contributed by atoms with van der Waals surface area (Å²) in [5.74, 6) is -1.18. The van der Waals surface area contributed by atoms with Gasteiger partial charge in [0.15, 0.2) is 9.84 Å². The molecule has 0 saturated heterocycles. The van der Waals surface area contributed by atoms with Gasteiger partial charge in [0, 0.05) is 28.8 Å². The molecule has 0 aliphatic heterocycles. The van der Waals surface area contributed by atoms with E-state index in [1.807, 2.05) is 17.5 Å². The van der Waals surface area contributed by atoms with Gasteiger partial charge in [-0.1, -0.05) is 26.0 Å². The maximum absolute atomic E-state index is 14.2. The third-order valence-electron chi connectivity index (χ3n) is 4.07. The number of hydrogen-bond donors (Lipinski definition) is 1. The Kier molecular flexibility index (Phi) is 5.62. The zero-order valence-corrected chi connectivity index (χ0v) is 17.2. The van der Waals surface area contributed by atoms with Crippen molar-refractivity contribution < 1.29 is 17.6 Å². The quantitative estimate of drug-likeness (QED) is 0.650. The summed E-state index contributed by atoms with van der Waals surface area (Å²) in [6.45, 7) is 4.17. The zero-order chi connectivity index (χ0) is 20.5. The Morgan fingerprint density at radius 2 is 1.82 bits per heavy atom. The van der Waals surface area contributed by atoms with Crippen LogP contribution in [0.15, 0.2) is 52.7 Å². The summed E-state index contributed by atoms with van der Waals surface area (Å²) in [6, 6.07) is 10.3. The maximum atomic E-state index is 14.2. The van der Waals surface area contributed by atoms with Crippen molar-refractivity contribution in [3.8, 4) is 11.3 Å². The number of halogens is 1. The topological polar surface area (TPSA) is 76.1 Å². The molecule has 0 spiro atoms. The fourth-order valence-electron chi connectivity index (χ4n) is 2.52. The van der Waals surface area contributed by atoms with Crippen molar-refractivity contribution in [1.29, 1.82) is 0 Å². The van der Waals surface area contributed by atoms with Crippen molar-refractivity contribution >= 4 is 32.8 Å². The van der Waals surface area contributed by atoms with Crippen LogP contribution in [0.2, 0.25) is 0 Å². The van der Waals surface area contributed by atoms with Gasteiger partial charge in [0.05, 0.1) is 21.2 Å². The van der Waals surface area contributed by atoms with Gasteiger partial charge >= 0.3 is 0 Å². The van der Waals surface area contributed by atoms with Crippen molar-refractivity contribution in [2.45, 2.75) is 24.7 Å². The summed E-state index contributed by atoms with van der Waals surface area (Å²) < 4.78 is 37.1. The van der Waals surface area contributed by atoms with E-state index >= 15 is 0 Å². The summed E-state index contributed by atoms with van der Waals surface area (Å²) in [4.78, 5) is 16.7. The molecule has 0 fully saturated rings. The number of anilines is 1. The number of hydrogen-bond acceptors (Lipinski definition) is 5. The van der Waals surface area contributed by atoms with E-state index < -0.39 is 21.6 Å². The highest BCUT2D eigenvalue weighted by molar-refractivity contribution is 7.90. The highest BCUT2D eigenvalue weighted by atomic mass is 32.2. The number of carbonyl (C=O) groups is 1. The lowest BCUT2D eigenvalue weighted by atomic mass is 10.1. The molecule has 1 N–H and O–H groups in total. The number of sulfone groups is 1. The van der Waals surface area contributed by atoms with E-state index in [2.05, 4.69) is 24.1 Å². The second-order valence-corrected chi connectivity index (χ2v) is 9.58. The van der Waals surface area contributed by atoms with Crippen LogP contribution in [0.25, 0.3) is 11.3 Å². The van der Waals surface area contributed by atoms with E-state index in [-0.39, 0.29) is 10.5 Å². The Bertz CT molecular complexity index is 1120. The van der Waals surface area contributed by atoms with E-state index in [0.29, 0.717) is 11.6 Å². The molecule has 1 heterocycles. The normalized spacial score (nSPS) is 11.6. The largest absolute Gasteiger partial charge is 0.322 e. The number of nitrogens with zero attached hydrogens (tertiary/aromatic N) is 1. The van der Waals surface area contributed by atoms with E-state index in [0.717, 1.165) is 34.7 Å². The molecule has 2 aromatic carbocycles. The number of thiazole rings is 1. The molecular weight excluding hydrogens is 399 g/mol. The van der Waals surface area contributed by atoms with Gasteiger partial charge in [0.25, 0.3) is 5.91 Å². The van der Waals surface area contributed by atoms with Crippen molar-refractivity contribution in [1.82, 2.24) is 4.98 Å². The van der Waals surface area contributed by atoms with Crippen LogP contribution >= 0.6 is 11.3 Å². The van der Waals surface area contributed by atoms with Crippen LogP contribution in [-0.2, 0) is 9.84 Å². The highest BCUT2D eigenvalue weighted by Gasteiger charge is 2.16. The first-order valence-corrected chi connectivity index (χ1v) is 11.3. The van der Waals surface area contributed by atoms with E-state index in [1.54, 1.807) is 23.5 Å². The van der Waals surface area contributed by atoms with E-state index in [1.165, 1.54) is 6.07 Å². The Labute approximate surface area is 167 Å². The van der Waals surface area contributed by atoms with Crippen LogP contribution in [0.3, 0.4) is 0 Å². The van der Waals surface area contributed by atoms with Crippen LogP contribution < -0.4 is 5.32 Å². The molecule has 0 radical (unpaired) electrons. The van der Waals surface area contributed by atoms with Crippen molar-refractivity contribution in [3.05, 3.63) is 64.2 Å². The van der Waals surface area contributed by atoms with Gasteiger partial charge in [0.1, 0.15) is 5.82 Å². The predicted octanol–water partition coefficient (Wildman–Crippen LogP) is 4.73. The molecule has 3 rings (SSSR count). The lowest BCUT2D eigenvalue weighted by Gasteiger charge is -2.08. The van der Waals surface area contributed by atoms with Gasteiger partial charge in [-0.3, -0.25) is 4.79 Å². The van der Waals surface area contributed by atoms with E-state index in [9.17, 15) is 17.6 Å². The second-order valence-electron chi connectivity index (χ2n) is 6.67. The average Bonchev–Trinajstić information content (AvgIpc) is 3.12. The lowest BCUT2D eigenvalue weighted by Crippen LogP contribution is -2.14. The average molecular weight is 419 g/mol. The summed E-state index contributed by atoms with van der Waals surface area (Å²) >= 11 is 1.60. The molecule has 28 heavy (non-hydrogen) atoms. The maximum Gasteiger partial charge on any atom is 0.258 e. The summed E-state index contributed by atoms with van der Waals surface area (Å²) in [5.41, 5.74) is 2.07. The van der Waals surface area contributed by atoms with Crippen LogP contribution in [0.4, 0.5) is 10.1 Å². The standard InChI is InChI=1S/C20H19FN2O3S2/c1-12(2)20-23-18(11-27-20)13-4-6-14(7-5-13)22-19(24)16-9-8-15(10-17(16)21)28(3,25)26/h4-12H,1-3H3,(H,22,24). The van der Waals surface area contributed by atoms with Crippen LogP contribution in [0.1, 0.15) is 35.1 Å². The van der Waals surface area contributed by atoms with E-state index in [4.69, 9.17) is 0 Å². The Morgan fingerprint density at radius 3 is 2.36 bits per heavy atom. The summed E-state index contributed by atoms with van der Waals surface area (Å²) in [6.07, 6.45) is 0.982. The van der Waals surface area contributed by atoms with Gasteiger partial charge in [-0.2, -0.15) is 0 Å². The molecule has 146 valence electrons. The van der Waals surface area contributed by atoms with Crippen molar-refractivity contribution in [2.75, 3.05) is 11.6 Å². The van der Waals surface area contributed by atoms with Gasteiger partial charge in [0.2, 0.25) is 0 Å². The third-order valence-corrected chi connectivity index (χ3v) is 6.32. The number of rotatable bonds is 5. The fraction of sp³-hybridized carbons (Fsp3) is 0.200. The Morgan fingerprint density at radius 1 is 1.14 bits per heavy atom. The molecule has 1 aromatic heterocycles. The first-order valence-electron chi connectivity index (χ1n) is 8.52. The number of nitrogens with one attached hydrogen (secondary N) is 1. The van der Waals surface area contributed by atoms with Crippen LogP contribution in [0, 0.1) is 5.82 Å². The molecule has 0 saturated carbocycles. The molecule has 0 bridgehead atoms.